The Morgan fingerprint density at radius 1 is 1.18 bits per heavy atom. The summed E-state index contributed by atoms with van der Waals surface area (Å²) in [6.07, 6.45) is 5.84. The number of hydrogen-bond acceptors (Lipinski definition) is 2. The van der Waals surface area contributed by atoms with Gasteiger partial charge in [-0.15, -0.1) is 0 Å². The molecule has 0 aliphatic carbocycles. The number of unbranched alkanes of at least 4 members (excludes halogenated alkanes) is 1. The number of benzene rings is 1. The zero-order valence-electron chi connectivity index (χ0n) is 10.6. The third kappa shape index (κ3) is 6.05. The van der Waals surface area contributed by atoms with Crippen LogP contribution in [-0.2, 0) is 9.09 Å². The molecular formula is C14H23O2P. The molecule has 17 heavy (non-hydrogen) atoms. The molecule has 1 rings (SSSR count). The molecule has 0 fully saturated rings. The fourth-order valence-corrected chi connectivity index (χ4v) is 2.44. The second kappa shape index (κ2) is 9.44. The molecule has 0 N–H and O–H groups in total. The van der Waals surface area contributed by atoms with Crippen LogP contribution in [0.15, 0.2) is 30.3 Å². The molecule has 96 valence electrons. The van der Waals surface area contributed by atoms with Crippen molar-refractivity contribution in [1.29, 1.82) is 0 Å². The first-order valence-corrected chi connectivity index (χ1v) is 7.43. The van der Waals surface area contributed by atoms with Crippen LogP contribution in [0.5, 0.6) is 0 Å². The van der Waals surface area contributed by atoms with Crippen LogP contribution in [0.25, 0.3) is 0 Å². The summed E-state index contributed by atoms with van der Waals surface area (Å²) < 4.78 is 15.1. The maximum atomic E-state index is 10.2. The van der Waals surface area contributed by atoms with Gasteiger partial charge >= 0.3 is 0 Å². The average Bonchev–Trinajstić information content (AvgIpc) is 2.38. The van der Waals surface area contributed by atoms with Crippen molar-refractivity contribution in [2.45, 2.75) is 44.9 Å². The second-order valence-corrected chi connectivity index (χ2v) is 4.88. The molecule has 0 spiro atoms. The van der Waals surface area contributed by atoms with Gasteiger partial charge in [-0.2, -0.15) is 0 Å². The molecule has 0 aromatic heterocycles. The standard InChI is InChI=1S/C14H23O2P/c1-2-8-13(11-6-7-12-16-17-15)14-9-4-3-5-10-14/h3-5,9-10,13H,2,6-8,11-12,17H2,1H3. The molecular weight excluding hydrogens is 231 g/mol. The van der Waals surface area contributed by atoms with Crippen molar-refractivity contribution >= 4 is 8.69 Å². The van der Waals surface area contributed by atoms with E-state index in [4.69, 9.17) is 4.52 Å². The summed E-state index contributed by atoms with van der Waals surface area (Å²) in [5.74, 6) is 0.667. The average molecular weight is 254 g/mol. The molecule has 1 aromatic rings. The van der Waals surface area contributed by atoms with Crippen LogP contribution in [0.2, 0.25) is 0 Å². The van der Waals surface area contributed by atoms with E-state index in [9.17, 15) is 4.57 Å². The van der Waals surface area contributed by atoms with Crippen LogP contribution in [-0.4, -0.2) is 6.61 Å². The van der Waals surface area contributed by atoms with Crippen molar-refractivity contribution in [3.63, 3.8) is 0 Å². The Morgan fingerprint density at radius 3 is 2.59 bits per heavy atom. The molecule has 1 aromatic carbocycles. The van der Waals surface area contributed by atoms with Crippen molar-refractivity contribution < 1.29 is 9.09 Å². The lowest BCUT2D eigenvalue weighted by Crippen LogP contribution is -1.99. The molecule has 0 saturated carbocycles. The molecule has 3 heteroatoms. The summed E-state index contributed by atoms with van der Waals surface area (Å²) in [6.45, 7) is 2.88. The van der Waals surface area contributed by atoms with Gasteiger partial charge in [-0.1, -0.05) is 50.1 Å². The highest BCUT2D eigenvalue weighted by atomic mass is 31.1. The van der Waals surface area contributed by atoms with Gasteiger partial charge < -0.3 is 4.52 Å². The first-order chi connectivity index (χ1) is 8.38. The summed E-state index contributed by atoms with van der Waals surface area (Å²) in [6, 6.07) is 10.7. The monoisotopic (exact) mass is 254 g/mol. The van der Waals surface area contributed by atoms with Crippen molar-refractivity contribution in [2.75, 3.05) is 6.61 Å². The van der Waals surface area contributed by atoms with Crippen LogP contribution in [0.3, 0.4) is 0 Å². The van der Waals surface area contributed by atoms with Crippen LogP contribution >= 0.6 is 8.69 Å². The molecule has 0 aliphatic rings. The third-order valence-corrected chi connectivity index (χ3v) is 3.41. The summed E-state index contributed by atoms with van der Waals surface area (Å²) in [5, 5.41) is 0. The van der Waals surface area contributed by atoms with Crippen LogP contribution in [0, 0.1) is 0 Å². The summed E-state index contributed by atoms with van der Waals surface area (Å²) >= 11 is 0. The fourth-order valence-electron chi connectivity index (χ4n) is 2.18. The van der Waals surface area contributed by atoms with Gasteiger partial charge in [0.25, 0.3) is 0 Å². The first-order valence-electron chi connectivity index (χ1n) is 6.48. The summed E-state index contributed by atoms with van der Waals surface area (Å²) in [4.78, 5) is 0. The molecule has 0 radical (unpaired) electrons. The van der Waals surface area contributed by atoms with E-state index in [0.717, 1.165) is 12.8 Å². The quantitative estimate of drug-likeness (QED) is 0.481. The molecule has 0 heterocycles. The van der Waals surface area contributed by atoms with Gasteiger partial charge in [0, 0.05) is 0 Å². The van der Waals surface area contributed by atoms with Crippen molar-refractivity contribution in [3.8, 4) is 0 Å². The molecule has 2 nitrogen and oxygen atoms in total. The van der Waals surface area contributed by atoms with Crippen LogP contribution in [0.1, 0.15) is 50.5 Å². The van der Waals surface area contributed by atoms with Gasteiger partial charge in [0.1, 0.15) is 0 Å². The Morgan fingerprint density at radius 2 is 1.94 bits per heavy atom. The van der Waals surface area contributed by atoms with E-state index < -0.39 is 8.69 Å². The summed E-state index contributed by atoms with van der Waals surface area (Å²) in [5.41, 5.74) is 1.45. The lowest BCUT2D eigenvalue weighted by molar-refractivity contribution is 0.325. The van der Waals surface area contributed by atoms with E-state index in [1.807, 2.05) is 0 Å². The minimum Gasteiger partial charge on any atom is -0.332 e. The van der Waals surface area contributed by atoms with E-state index in [-0.39, 0.29) is 0 Å². The van der Waals surface area contributed by atoms with Crippen LogP contribution in [0.4, 0.5) is 0 Å². The highest BCUT2D eigenvalue weighted by molar-refractivity contribution is 7.17. The van der Waals surface area contributed by atoms with Crippen LogP contribution < -0.4 is 0 Å². The maximum Gasteiger partial charge on any atom is 0.179 e. The Labute approximate surface area is 106 Å². The Kier molecular flexibility index (Phi) is 8.04. The zero-order valence-corrected chi connectivity index (χ0v) is 11.8. The molecule has 2 atom stereocenters. The van der Waals surface area contributed by atoms with Gasteiger partial charge in [-0.3, -0.25) is 4.57 Å². The van der Waals surface area contributed by atoms with Gasteiger partial charge in [-0.05, 0) is 30.7 Å². The van der Waals surface area contributed by atoms with Crippen molar-refractivity contribution in [3.05, 3.63) is 35.9 Å². The van der Waals surface area contributed by atoms with E-state index in [1.54, 1.807) is 0 Å². The molecule has 2 unspecified atom stereocenters. The Balaban J connectivity index is 2.36. The fraction of sp³-hybridized carbons (Fsp3) is 0.571. The smallest absolute Gasteiger partial charge is 0.179 e. The van der Waals surface area contributed by atoms with E-state index in [0.29, 0.717) is 12.5 Å². The normalized spacial score (nSPS) is 13.2. The second-order valence-electron chi connectivity index (χ2n) is 4.36. The lowest BCUT2D eigenvalue weighted by Gasteiger charge is -2.16. The largest absolute Gasteiger partial charge is 0.332 e. The van der Waals surface area contributed by atoms with Gasteiger partial charge in [0.2, 0.25) is 0 Å². The summed E-state index contributed by atoms with van der Waals surface area (Å²) in [7, 11) is -1.03. The zero-order chi connectivity index (χ0) is 12.3. The van der Waals surface area contributed by atoms with E-state index >= 15 is 0 Å². The predicted octanol–water partition coefficient (Wildman–Crippen LogP) is 4.43. The molecule has 0 bridgehead atoms. The number of rotatable bonds is 9. The first kappa shape index (κ1) is 14.5. The Hall–Kier alpha value is -0.590. The van der Waals surface area contributed by atoms with Gasteiger partial charge in [-0.25, -0.2) is 0 Å². The SMILES string of the molecule is CCCC(CCCCO[PH2]=O)c1ccccc1. The highest BCUT2D eigenvalue weighted by Gasteiger charge is 2.09. The predicted molar refractivity (Wildman–Crippen MR) is 74.3 cm³/mol. The maximum absolute atomic E-state index is 10.2. The Bertz CT molecular complexity index is 300. The minimum absolute atomic E-state index is 0.645. The van der Waals surface area contributed by atoms with Crippen molar-refractivity contribution in [2.24, 2.45) is 0 Å². The van der Waals surface area contributed by atoms with Gasteiger partial charge in [0.05, 0.1) is 6.61 Å². The van der Waals surface area contributed by atoms with E-state index in [1.165, 1.54) is 24.8 Å². The minimum atomic E-state index is -1.03. The molecule has 0 aliphatic heterocycles. The van der Waals surface area contributed by atoms with E-state index in [2.05, 4.69) is 37.3 Å². The lowest BCUT2D eigenvalue weighted by atomic mass is 9.90. The molecule has 0 saturated heterocycles. The highest BCUT2D eigenvalue weighted by Crippen LogP contribution is 2.26. The topological polar surface area (TPSA) is 26.3 Å². The molecule has 0 amide bonds. The third-order valence-electron chi connectivity index (χ3n) is 3.04. The van der Waals surface area contributed by atoms with Gasteiger partial charge in [0.15, 0.2) is 8.69 Å². The number of hydrogen-bond donors (Lipinski definition) is 0. The van der Waals surface area contributed by atoms with Crippen molar-refractivity contribution in [1.82, 2.24) is 0 Å².